The zero-order valence-corrected chi connectivity index (χ0v) is 13.6. The molecule has 6 heteroatoms. The molecule has 2 N–H and O–H groups in total. The van der Waals surface area contributed by atoms with Crippen LogP contribution in [0.1, 0.15) is 30.0 Å². The summed E-state index contributed by atoms with van der Waals surface area (Å²) in [5, 5.41) is 13.5. The van der Waals surface area contributed by atoms with Gasteiger partial charge in [0.15, 0.2) is 0 Å². The second-order valence-electron chi connectivity index (χ2n) is 6.29. The number of nitrogens with one attached hydrogen (secondary N) is 1. The minimum absolute atomic E-state index is 0.00749. The molecule has 1 heterocycles. The van der Waals surface area contributed by atoms with Gasteiger partial charge in [-0.3, -0.25) is 0 Å². The number of phenols is 1. The summed E-state index contributed by atoms with van der Waals surface area (Å²) in [7, 11) is 0. The topological polar surface area (TPSA) is 41.5 Å². The Bertz CT molecular complexity index is 704. The molecule has 2 atom stereocenters. The van der Waals surface area contributed by atoms with Gasteiger partial charge in [0.2, 0.25) is 0 Å². The first-order valence-electron chi connectivity index (χ1n) is 8.28. The Labute approximate surface area is 144 Å². The zero-order chi connectivity index (χ0) is 17.9. The van der Waals surface area contributed by atoms with Crippen molar-refractivity contribution in [3.63, 3.8) is 0 Å². The van der Waals surface area contributed by atoms with E-state index in [1.807, 2.05) is 30.3 Å². The lowest BCUT2D eigenvalue weighted by atomic mass is 9.82. The van der Waals surface area contributed by atoms with E-state index in [0.717, 1.165) is 31.0 Å². The van der Waals surface area contributed by atoms with Crippen LogP contribution < -0.4 is 10.1 Å². The van der Waals surface area contributed by atoms with Crippen molar-refractivity contribution in [2.24, 2.45) is 5.92 Å². The number of piperidine rings is 1. The van der Waals surface area contributed by atoms with E-state index in [9.17, 15) is 18.3 Å². The molecule has 2 aromatic carbocycles. The highest BCUT2D eigenvalue weighted by Gasteiger charge is 2.32. The maximum atomic E-state index is 12.4. The van der Waals surface area contributed by atoms with E-state index in [1.165, 1.54) is 12.1 Å². The van der Waals surface area contributed by atoms with Crippen molar-refractivity contribution >= 4 is 0 Å². The molecule has 1 saturated heterocycles. The van der Waals surface area contributed by atoms with E-state index in [-0.39, 0.29) is 23.5 Å². The minimum Gasteiger partial charge on any atom is -0.508 e. The normalized spacial score (nSPS) is 21.1. The number of benzene rings is 2. The highest BCUT2D eigenvalue weighted by molar-refractivity contribution is 5.40. The van der Waals surface area contributed by atoms with Crippen LogP contribution in [0.2, 0.25) is 0 Å². The van der Waals surface area contributed by atoms with Gasteiger partial charge in [0.05, 0.1) is 0 Å². The lowest BCUT2D eigenvalue weighted by Crippen LogP contribution is -2.35. The van der Waals surface area contributed by atoms with Crippen LogP contribution in [0, 0.1) is 5.92 Å². The lowest BCUT2D eigenvalue weighted by molar-refractivity contribution is -0.274. The fourth-order valence-corrected chi connectivity index (χ4v) is 3.43. The van der Waals surface area contributed by atoms with Crippen molar-refractivity contribution < 1.29 is 23.0 Å². The standard InChI is InChI=1S/C19H20F3NO2/c20-19(21,22)25-16-8-9-17(24)15(12-16)11-14-7-4-10-23-18(14)13-5-2-1-3-6-13/h1-3,5-6,8-9,12,14,18,23-24H,4,7,10-11H2. The third-order valence-electron chi connectivity index (χ3n) is 4.51. The number of hydrogen-bond acceptors (Lipinski definition) is 3. The van der Waals surface area contributed by atoms with Gasteiger partial charge in [-0.1, -0.05) is 30.3 Å². The molecule has 0 spiro atoms. The van der Waals surface area contributed by atoms with Crippen LogP contribution >= 0.6 is 0 Å². The molecule has 1 fully saturated rings. The van der Waals surface area contributed by atoms with Crippen LogP contribution in [0.4, 0.5) is 13.2 Å². The van der Waals surface area contributed by atoms with Crippen molar-refractivity contribution in [1.82, 2.24) is 5.32 Å². The molecule has 0 aliphatic carbocycles. The minimum atomic E-state index is -4.74. The number of aromatic hydroxyl groups is 1. The van der Waals surface area contributed by atoms with Crippen molar-refractivity contribution in [2.45, 2.75) is 31.7 Å². The third-order valence-corrected chi connectivity index (χ3v) is 4.51. The highest BCUT2D eigenvalue weighted by atomic mass is 19.4. The fourth-order valence-electron chi connectivity index (χ4n) is 3.43. The molecule has 2 unspecified atom stereocenters. The van der Waals surface area contributed by atoms with Gasteiger partial charge in [-0.2, -0.15) is 0 Å². The summed E-state index contributed by atoms with van der Waals surface area (Å²) >= 11 is 0. The maximum Gasteiger partial charge on any atom is 0.573 e. The van der Waals surface area contributed by atoms with Gasteiger partial charge >= 0.3 is 6.36 Å². The SMILES string of the molecule is Oc1ccc(OC(F)(F)F)cc1CC1CCCNC1c1ccccc1. The van der Waals surface area contributed by atoms with Gasteiger partial charge in [0.25, 0.3) is 0 Å². The third kappa shape index (κ3) is 4.66. The Hall–Kier alpha value is -2.21. The average Bonchev–Trinajstić information content (AvgIpc) is 2.58. The molecule has 0 bridgehead atoms. The molecule has 134 valence electrons. The molecule has 0 aromatic heterocycles. The average molecular weight is 351 g/mol. The van der Waals surface area contributed by atoms with Crippen LogP contribution in [-0.2, 0) is 6.42 Å². The fraction of sp³-hybridized carbons (Fsp3) is 0.368. The van der Waals surface area contributed by atoms with Crippen LogP contribution in [0.25, 0.3) is 0 Å². The van der Waals surface area contributed by atoms with Gasteiger partial charge in [-0.05, 0) is 61.1 Å². The summed E-state index contributed by atoms with van der Waals surface area (Å²) in [6.45, 7) is 0.902. The van der Waals surface area contributed by atoms with E-state index in [4.69, 9.17) is 0 Å². The monoisotopic (exact) mass is 351 g/mol. The van der Waals surface area contributed by atoms with E-state index in [2.05, 4.69) is 10.1 Å². The molecule has 0 saturated carbocycles. The largest absolute Gasteiger partial charge is 0.573 e. The Morgan fingerprint density at radius 2 is 1.88 bits per heavy atom. The predicted molar refractivity (Wildman–Crippen MR) is 88.4 cm³/mol. The van der Waals surface area contributed by atoms with Gasteiger partial charge in [-0.25, -0.2) is 0 Å². The zero-order valence-electron chi connectivity index (χ0n) is 13.6. The molecular formula is C19H20F3NO2. The van der Waals surface area contributed by atoms with E-state index in [1.54, 1.807) is 0 Å². The summed E-state index contributed by atoms with van der Waals surface area (Å²) in [4.78, 5) is 0. The molecule has 3 nitrogen and oxygen atoms in total. The van der Waals surface area contributed by atoms with E-state index < -0.39 is 6.36 Å². The quantitative estimate of drug-likeness (QED) is 0.848. The van der Waals surface area contributed by atoms with Gasteiger partial charge in [0.1, 0.15) is 11.5 Å². The number of halogens is 3. The predicted octanol–water partition coefficient (Wildman–Crippen LogP) is 4.57. The van der Waals surface area contributed by atoms with Crippen molar-refractivity contribution in [3.8, 4) is 11.5 Å². The van der Waals surface area contributed by atoms with Gasteiger partial charge in [-0.15, -0.1) is 13.2 Å². The van der Waals surface area contributed by atoms with Gasteiger partial charge in [0, 0.05) is 6.04 Å². The number of phenolic OH excluding ortho intramolecular Hbond substituents is 1. The van der Waals surface area contributed by atoms with Crippen LogP contribution in [0.3, 0.4) is 0 Å². The number of rotatable bonds is 4. The van der Waals surface area contributed by atoms with Crippen molar-refractivity contribution in [3.05, 3.63) is 59.7 Å². The first kappa shape index (κ1) is 17.6. The van der Waals surface area contributed by atoms with E-state index in [0.29, 0.717) is 12.0 Å². The molecular weight excluding hydrogens is 331 g/mol. The summed E-state index contributed by atoms with van der Waals surface area (Å²) in [6, 6.07) is 13.7. The maximum absolute atomic E-state index is 12.4. The molecule has 25 heavy (non-hydrogen) atoms. The Morgan fingerprint density at radius 1 is 1.12 bits per heavy atom. The summed E-state index contributed by atoms with van der Waals surface area (Å²) in [5.74, 6) is -0.129. The smallest absolute Gasteiger partial charge is 0.508 e. The lowest BCUT2D eigenvalue weighted by Gasteiger charge is -2.33. The number of hydrogen-bond donors (Lipinski definition) is 2. The molecule has 0 radical (unpaired) electrons. The highest BCUT2D eigenvalue weighted by Crippen LogP contribution is 2.35. The van der Waals surface area contributed by atoms with E-state index >= 15 is 0 Å². The molecule has 2 aromatic rings. The van der Waals surface area contributed by atoms with Gasteiger partial charge < -0.3 is 15.2 Å². The molecule has 3 rings (SSSR count). The van der Waals surface area contributed by atoms with Crippen LogP contribution in [-0.4, -0.2) is 18.0 Å². The van der Waals surface area contributed by atoms with Crippen molar-refractivity contribution in [1.29, 1.82) is 0 Å². The first-order valence-corrected chi connectivity index (χ1v) is 8.28. The molecule has 1 aliphatic rings. The first-order chi connectivity index (χ1) is 11.9. The van der Waals surface area contributed by atoms with Crippen LogP contribution in [0.5, 0.6) is 11.5 Å². The number of ether oxygens (including phenoxy) is 1. The van der Waals surface area contributed by atoms with Crippen LogP contribution in [0.15, 0.2) is 48.5 Å². The summed E-state index contributed by atoms with van der Waals surface area (Å²) < 4.78 is 41.2. The second kappa shape index (κ2) is 7.35. The molecule has 0 amide bonds. The Balaban J connectivity index is 1.81. The Morgan fingerprint density at radius 3 is 2.60 bits per heavy atom. The number of alkyl halides is 3. The molecule has 1 aliphatic heterocycles. The van der Waals surface area contributed by atoms with Crippen molar-refractivity contribution in [2.75, 3.05) is 6.54 Å². The summed E-state index contributed by atoms with van der Waals surface area (Å²) in [5.41, 5.74) is 1.62. The summed E-state index contributed by atoms with van der Waals surface area (Å²) in [6.07, 6.45) is -2.33. The second-order valence-corrected chi connectivity index (χ2v) is 6.29. The Kier molecular flexibility index (Phi) is 5.18.